The van der Waals surface area contributed by atoms with Crippen molar-refractivity contribution in [3.05, 3.63) is 83.2 Å². The van der Waals surface area contributed by atoms with E-state index in [0.717, 1.165) is 28.2 Å². The smallest absolute Gasteiger partial charge is 0.253 e. The summed E-state index contributed by atoms with van der Waals surface area (Å²) in [5.74, 6) is 0.211. The predicted molar refractivity (Wildman–Crippen MR) is 134 cm³/mol. The molecule has 2 aromatic carbocycles. The largest absolute Gasteiger partial charge is 0.354 e. The molecule has 9 nitrogen and oxygen atoms in total. The van der Waals surface area contributed by atoms with Crippen molar-refractivity contribution >= 4 is 39.0 Å². The summed E-state index contributed by atoms with van der Waals surface area (Å²) in [7, 11) is -3.80. The fourth-order valence-corrected chi connectivity index (χ4v) is 7.37. The van der Waals surface area contributed by atoms with Crippen molar-refractivity contribution in [2.45, 2.75) is 28.4 Å². The van der Waals surface area contributed by atoms with Crippen LogP contribution in [0.15, 0.2) is 81.5 Å². The number of amides is 1. The molecular formula is C23H22N6O3S3. The third-order valence-electron chi connectivity index (χ3n) is 5.64. The van der Waals surface area contributed by atoms with Crippen LogP contribution in [0.3, 0.4) is 0 Å². The number of benzene rings is 2. The van der Waals surface area contributed by atoms with Gasteiger partial charge >= 0.3 is 0 Å². The zero-order valence-electron chi connectivity index (χ0n) is 18.5. The minimum absolute atomic E-state index is 0.162. The SMILES string of the molecule is O=C(NCCSc1nnnn1-c1ccccc1)[C@H]1Cc2ccccc2CN1S(=O)(=O)c1cccs1. The Morgan fingerprint density at radius 2 is 1.83 bits per heavy atom. The summed E-state index contributed by atoms with van der Waals surface area (Å²) in [6, 6.07) is 19.6. The Bertz CT molecular complexity index is 1410. The normalized spacial score (nSPS) is 16.1. The van der Waals surface area contributed by atoms with Gasteiger partial charge < -0.3 is 5.32 Å². The van der Waals surface area contributed by atoms with Crippen LogP contribution in [0, 0.1) is 0 Å². The van der Waals surface area contributed by atoms with Crippen molar-refractivity contribution in [1.29, 1.82) is 0 Å². The molecule has 35 heavy (non-hydrogen) atoms. The van der Waals surface area contributed by atoms with Gasteiger partial charge in [0.1, 0.15) is 10.3 Å². The fourth-order valence-electron chi connectivity index (χ4n) is 3.94. The first-order chi connectivity index (χ1) is 17.0. The van der Waals surface area contributed by atoms with Crippen LogP contribution in [0.1, 0.15) is 11.1 Å². The van der Waals surface area contributed by atoms with Crippen molar-refractivity contribution in [2.75, 3.05) is 12.3 Å². The lowest BCUT2D eigenvalue weighted by atomic mass is 9.95. The maximum Gasteiger partial charge on any atom is 0.253 e. The zero-order valence-corrected chi connectivity index (χ0v) is 21.0. The number of tetrazole rings is 1. The van der Waals surface area contributed by atoms with Crippen molar-refractivity contribution in [1.82, 2.24) is 29.8 Å². The Morgan fingerprint density at radius 3 is 2.60 bits per heavy atom. The first-order valence-corrected chi connectivity index (χ1v) is 14.2. The van der Waals surface area contributed by atoms with Crippen molar-refractivity contribution in [2.24, 2.45) is 0 Å². The van der Waals surface area contributed by atoms with E-state index in [1.807, 2.05) is 54.6 Å². The molecule has 4 aromatic rings. The number of carbonyl (C=O) groups excluding carboxylic acids is 1. The van der Waals surface area contributed by atoms with Gasteiger partial charge in [0, 0.05) is 18.8 Å². The number of hydrogen-bond donors (Lipinski definition) is 1. The lowest BCUT2D eigenvalue weighted by molar-refractivity contribution is -0.125. The van der Waals surface area contributed by atoms with Gasteiger partial charge in [-0.1, -0.05) is 60.3 Å². The summed E-state index contributed by atoms with van der Waals surface area (Å²) in [5, 5.41) is 17.1. The third kappa shape index (κ3) is 5.01. The first-order valence-electron chi connectivity index (χ1n) is 10.9. The Kier molecular flexibility index (Phi) is 6.95. The average Bonchev–Trinajstić information content (AvgIpc) is 3.59. The van der Waals surface area contributed by atoms with Gasteiger partial charge in [-0.2, -0.15) is 8.99 Å². The van der Waals surface area contributed by atoms with E-state index in [2.05, 4.69) is 20.8 Å². The van der Waals surface area contributed by atoms with Gasteiger partial charge in [0.15, 0.2) is 0 Å². The minimum Gasteiger partial charge on any atom is -0.354 e. The standard InChI is InChI=1S/C23H22N6O3S3/c30-22(24-12-14-34-23-25-26-27-29(23)19-9-2-1-3-10-19)20-15-17-7-4-5-8-18(17)16-28(20)35(31,32)21-11-6-13-33-21/h1-11,13,20H,12,14-16H2,(H,24,30)/t20-/m1/s1. The number of para-hydroxylation sites is 1. The lowest BCUT2D eigenvalue weighted by Crippen LogP contribution is -2.52. The highest BCUT2D eigenvalue weighted by Crippen LogP contribution is 2.31. The molecule has 0 bridgehead atoms. The highest BCUT2D eigenvalue weighted by atomic mass is 32.2. The first kappa shape index (κ1) is 23.7. The van der Waals surface area contributed by atoms with Gasteiger partial charge in [0.2, 0.25) is 11.1 Å². The Balaban J connectivity index is 1.27. The van der Waals surface area contributed by atoms with Crippen molar-refractivity contribution in [3.63, 3.8) is 0 Å². The molecule has 1 aliphatic rings. The molecule has 12 heteroatoms. The maximum atomic E-state index is 13.4. The molecular weight excluding hydrogens is 504 g/mol. The van der Waals surface area contributed by atoms with E-state index in [4.69, 9.17) is 0 Å². The summed E-state index contributed by atoms with van der Waals surface area (Å²) in [5.41, 5.74) is 2.75. The number of thiophene rings is 1. The summed E-state index contributed by atoms with van der Waals surface area (Å²) in [6.07, 6.45) is 0.325. The molecule has 0 saturated carbocycles. The summed E-state index contributed by atoms with van der Waals surface area (Å²) in [4.78, 5) is 13.2. The predicted octanol–water partition coefficient (Wildman–Crippen LogP) is 2.75. The van der Waals surface area contributed by atoms with Crippen LogP contribution in [0.5, 0.6) is 0 Å². The number of nitrogens with zero attached hydrogens (tertiary/aromatic N) is 5. The summed E-state index contributed by atoms with van der Waals surface area (Å²) < 4.78 is 29.9. The molecule has 0 aliphatic carbocycles. The number of thioether (sulfide) groups is 1. The van der Waals surface area contributed by atoms with Crippen molar-refractivity contribution < 1.29 is 13.2 Å². The fraction of sp³-hybridized carbons (Fsp3) is 0.217. The van der Waals surface area contributed by atoms with Crippen LogP contribution >= 0.6 is 23.1 Å². The summed E-state index contributed by atoms with van der Waals surface area (Å²) in [6.45, 7) is 0.505. The average molecular weight is 527 g/mol. The van der Waals surface area contributed by atoms with Gasteiger partial charge in [-0.05, 0) is 51.6 Å². The quantitative estimate of drug-likeness (QED) is 0.278. The molecule has 1 aliphatic heterocycles. The van der Waals surface area contributed by atoms with Gasteiger partial charge in [-0.25, -0.2) is 8.42 Å². The van der Waals surface area contributed by atoms with Gasteiger partial charge in [0.25, 0.3) is 10.0 Å². The number of aromatic nitrogens is 4. The maximum absolute atomic E-state index is 13.4. The van der Waals surface area contributed by atoms with Gasteiger partial charge in [0.05, 0.1) is 5.69 Å². The number of hydrogen-bond acceptors (Lipinski definition) is 8. The molecule has 1 N–H and O–H groups in total. The van der Waals surface area contributed by atoms with Crippen LogP contribution in [0.4, 0.5) is 0 Å². The third-order valence-corrected chi connectivity index (χ3v) is 9.79. The highest BCUT2D eigenvalue weighted by molar-refractivity contribution is 7.99. The molecule has 0 radical (unpaired) electrons. The molecule has 5 rings (SSSR count). The van der Waals surface area contributed by atoms with Crippen LogP contribution in [0.25, 0.3) is 5.69 Å². The van der Waals surface area contributed by atoms with Crippen LogP contribution < -0.4 is 5.32 Å². The zero-order chi connectivity index (χ0) is 24.3. The number of fused-ring (bicyclic) bond motifs is 1. The van der Waals surface area contributed by atoms with E-state index in [-0.39, 0.29) is 16.7 Å². The van der Waals surface area contributed by atoms with E-state index in [0.29, 0.717) is 23.9 Å². The molecule has 0 saturated heterocycles. The lowest BCUT2D eigenvalue weighted by Gasteiger charge is -2.34. The van der Waals surface area contributed by atoms with Crippen LogP contribution in [0.2, 0.25) is 0 Å². The molecule has 1 amide bonds. The van der Waals surface area contributed by atoms with Crippen molar-refractivity contribution in [3.8, 4) is 5.69 Å². The Labute approximate surface area is 211 Å². The number of rotatable bonds is 8. The monoisotopic (exact) mass is 526 g/mol. The second-order valence-corrected chi connectivity index (χ2v) is 11.9. The van der Waals surface area contributed by atoms with Crippen LogP contribution in [-0.2, 0) is 27.8 Å². The molecule has 0 fully saturated rings. The van der Waals surface area contributed by atoms with E-state index >= 15 is 0 Å². The summed E-state index contributed by atoms with van der Waals surface area (Å²) >= 11 is 2.56. The Morgan fingerprint density at radius 1 is 1.06 bits per heavy atom. The molecule has 2 aromatic heterocycles. The molecule has 0 unspecified atom stereocenters. The topological polar surface area (TPSA) is 110 Å². The number of carbonyl (C=O) groups is 1. The number of nitrogens with one attached hydrogen (secondary N) is 1. The second-order valence-electron chi connectivity index (χ2n) is 7.82. The minimum atomic E-state index is -3.80. The molecule has 180 valence electrons. The van der Waals surface area contributed by atoms with Crippen LogP contribution in [-0.4, -0.2) is 57.2 Å². The second kappa shape index (κ2) is 10.3. The van der Waals surface area contributed by atoms with Gasteiger partial charge in [-0.3, -0.25) is 4.79 Å². The Hall–Kier alpha value is -3.06. The molecule has 0 spiro atoms. The van der Waals surface area contributed by atoms with E-state index in [1.54, 1.807) is 22.2 Å². The molecule has 3 heterocycles. The number of sulfonamides is 1. The van der Waals surface area contributed by atoms with E-state index < -0.39 is 16.1 Å². The highest BCUT2D eigenvalue weighted by Gasteiger charge is 2.39. The van der Waals surface area contributed by atoms with Gasteiger partial charge in [-0.15, -0.1) is 16.4 Å². The van der Waals surface area contributed by atoms with E-state index in [1.165, 1.54) is 16.1 Å². The van der Waals surface area contributed by atoms with E-state index in [9.17, 15) is 13.2 Å². The molecule has 1 atom stereocenters.